The second-order valence-corrected chi connectivity index (χ2v) is 13.8. The van der Waals surface area contributed by atoms with Crippen LogP contribution in [-0.2, 0) is 12.8 Å². The molecule has 1 fully saturated rings. The van der Waals surface area contributed by atoms with Crippen LogP contribution in [0.1, 0.15) is 60.3 Å². The van der Waals surface area contributed by atoms with Gasteiger partial charge < -0.3 is 4.57 Å². The number of aryl methyl sites for hydroxylation is 1. The molecule has 0 bridgehead atoms. The molecule has 1 saturated heterocycles. The first-order chi connectivity index (χ1) is 26.3. The Hall–Kier alpha value is -5.78. The van der Waals surface area contributed by atoms with E-state index < -0.39 is 0 Å². The van der Waals surface area contributed by atoms with Crippen molar-refractivity contribution >= 4 is 21.7 Å². The molecule has 10 rings (SSSR count). The predicted octanol–water partition coefficient (Wildman–Crippen LogP) is 11.4. The molecule has 1 aliphatic carbocycles. The smallest absolute Gasteiger partial charge is 0.0865 e. The highest BCUT2D eigenvalue weighted by atomic mass is 15.4. The average molecular weight is 689 g/mol. The van der Waals surface area contributed by atoms with Gasteiger partial charge >= 0.3 is 0 Å². The molecule has 4 heteroatoms. The van der Waals surface area contributed by atoms with Crippen LogP contribution in [-0.4, -0.2) is 4.57 Å². The fourth-order valence-corrected chi connectivity index (χ4v) is 8.41. The normalized spacial score (nSPS) is 17.8. The fourth-order valence-electron chi connectivity index (χ4n) is 8.41. The molecule has 53 heavy (non-hydrogen) atoms. The summed E-state index contributed by atoms with van der Waals surface area (Å²) in [6, 6.07) is 61.8. The van der Waals surface area contributed by atoms with E-state index in [-0.39, 0.29) is 18.5 Å². The first-order valence-electron chi connectivity index (χ1n) is 19.0. The van der Waals surface area contributed by atoms with E-state index in [4.69, 9.17) is 0 Å². The van der Waals surface area contributed by atoms with Gasteiger partial charge in [0.1, 0.15) is 0 Å². The molecule has 0 radical (unpaired) electrons. The molecule has 1 aromatic heterocycles. The zero-order valence-electron chi connectivity index (χ0n) is 30.3. The Balaban J connectivity index is 0.00000183. The fraction of sp³-hybridized carbons (Fsp3) is 0.143. The molecule has 2 heterocycles. The predicted molar refractivity (Wildman–Crippen MR) is 221 cm³/mol. The summed E-state index contributed by atoms with van der Waals surface area (Å²) in [5.41, 5.74) is 14.1. The van der Waals surface area contributed by atoms with E-state index in [1.807, 2.05) is 13.8 Å². The van der Waals surface area contributed by atoms with Crippen molar-refractivity contribution in [2.24, 2.45) is 0 Å². The summed E-state index contributed by atoms with van der Waals surface area (Å²) in [5.74, 6) is 0. The van der Waals surface area contributed by atoms with Crippen LogP contribution in [0.15, 0.2) is 170 Å². The van der Waals surface area contributed by atoms with Crippen LogP contribution in [0.25, 0.3) is 49.6 Å². The Morgan fingerprint density at radius 2 is 1.09 bits per heavy atom. The summed E-state index contributed by atoms with van der Waals surface area (Å²) in [7, 11) is 0. The minimum Gasteiger partial charge on any atom is -0.313 e. The van der Waals surface area contributed by atoms with E-state index in [0.29, 0.717) is 0 Å². The van der Waals surface area contributed by atoms with Crippen molar-refractivity contribution in [3.63, 3.8) is 0 Å². The lowest BCUT2D eigenvalue weighted by Gasteiger charge is -2.40. The van der Waals surface area contributed by atoms with Crippen molar-refractivity contribution in [3.05, 3.63) is 198 Å². The molecule has 3 unspecified atom stereocenters. The molecule has 8 aromatic rings. The van der Waals surface area contributed by atoms with Gasteiger partial charge in [-0.1, -0.05) is 159 Å². The van der Waals surface area contributed by atoms with Crippen LogP contribution < -0.4 is 16.0 Å². The molecule has 7 aromatic carbocycles. The molecule has 2 aliphatic rings. The van der Waals surface area contributed by atoms with Crippen LogP contribution in [0.4, 0.5) is 0 Å². The van der Waals surface area contributed by atoms with Crippen molar-refractivity contribution in [3.8, 4) is 27.9 Å². The van der Waals surface area contributed by atoms with Crippen LogP contribution in [0.2, 0.25) is 0 Å². The number of hydrogen-bond donors (Lipinski definition) is 3. The van der Waals surface area contributed by atoms with Gasteiger partial charge in [-0.2, -0.15) is 0 Å². The van der Waals surface area contributed by atoms with Gasteiger partial charge in [-0.25, -0.2) is 0 Å². The summed E-state index contributed by atoms with van der Waals surface area (Å²) >= 11 is 0. The van der Waals surface area contributed by atoms with Gasteiger partial charge in [-0.3, -0.25) is 16.0 Å². The number of hydrogen-bond acceptors (Lipinski definition) is 3. The summed E-state index contributed by atoms with van der Waals surface area (Å²) in [4.78, 5) is 0. The first kappa shape index (κ1) is 33.1. The molecule has 4 nitrogen and oxygen atoms in total. The number of benzene rings is 7. The van der Waals surface area contributed by atoms with Crippen LogP contribution >= 0.6 is 0 Å². The molecular weight excluding hydrogens is 645 g/mol. The third-order valence-electron chi connectivity index (χ3n) is 10.8. The molecular formula is C49H44N4. The monoisotopic (exact) mass is 688 g/mol. The highest BCUT2D eigenvalue weighted by Gasteiger charge is 2.31. The first-order valence-corrected chi connectivity index (χ1v) is 19.0. The van der Waals surface area contributed by atoms with E-state index in [0.717, 1.165) is 12.8 Å². The van der Waals surface area contributed by atoms with Gasteiger partial charge in [0.05, 0.1) is 24.0 Å². The summed E-state index contributed by atoms with van der Waals surface area (Å²) in [6.45, 7) is 4.00. The minimum absolute atomic E-state index is 0.0467. The van der Waals surface area contributed by atoms with Gasteiger partial charge in [0.25, 0.3) is 0 Å². The van der Waals surface area contributed by atoms with Gasteiger partial charge in [0.2, 0.25) is 0 Å². The van der Waals surface area contributed by atoms with Gasteiger partial charge in [0, 0.05) is 22.3 Å². The lowest BCUT2D eigenvalue weighted by Crippen LogP contribution is -2.54. The van der Waals surface area contributed by atoms with E-state index in [1.165, 1.54) is 77.6 Å². The summed E-state index contributed by atoms with van der Waals surface area (Å²) in [5, 5.41) is 15.7. The van der Waals surface area contributed by atoms with Crippen LogP contribution in [0, 0.1) is 0 Å². The minimum atomic E-state index is -0.0963. The number of rotatable bonds is 5. The highest BCUT2D eigenvalue weighted by molar-refractivity contribution is 6.16. The van der Waals surface area contributed by atoms with Crippen molar-refractivity contribution in [1.82, 2.24) is 20.5 Å². The second kappa shape index (κ2) is 14.3. The zero-order valence-corrected chi connectivity index (χ0v) is 30.3. The Bertz CT molecular complexity index is 2530. The molecule has 0 spiro atoms. The van der Waals surface area contributed by atoms with E-state index in [2.05, 4.69) is 190 Å². The van der Waals surface area contributed by atoms with Crippen molar-refractivity contribution in [2.45, 2.75) is 45.2 Å². The van der Waals surface area contributed by atoms with Gasteiger partial charge in [-0.15, -0.1) is 0 Å². The average Bonchev–Trinajstić information content (AvgIpc) is 3.60. The Labute approximate surface area is 312 Å². The van der Waals surface area contributed by atoms with Crippen LogP contribution in [0.5, 0.6) is 0 Å². The third kappa shape index (κ3) is 6.05. The van der Waals surface area contributed by atoms with Crippen molar-refractivity contribution in [1.29, 1.82) is 0 Å². The molecule has 3 atom stereocenters. The van der Waals surface area contributed by atoms with E-state index in [1.54, 1.807) is 0 Å². The standard InChI is InChI=1S/C47H38N4.C2H6/c1-3-13-31(14-4-1)35-19-11-20-36(29-35)46-48-45(34-17-5-2-6-18-34)49-47(50-46)37-21-12-22-38(30-37)51-41-27-25-32-15-7-9-23-39(32)43(41)44-40-24-10-8-16-33(40)26-28-42(44)51;1-2/h1-25,27,29-30,45-50H,26,28H2;1-2H3. The van der Waals surface area contributed by atoms with Gasteiger partial charge in [-0.05, 0) is 86.8 Å². The Kier molecular flexibility index (Phi) is 8.94. The third-order valence-corrected chi connectivity index (χ3v) is 10.8. The molecule has 0 saturated carbocycles. The maximum absolute atomic E-state index is 3.94. The Morgan fingerprint density at radius 1 is 0.491 bits per heavy atom. The molecule has 3 N–H and O–H groups in total. The number of fused-ring (bicyclic) bond motifs is 7. The lowest BCUT2D eigenvalue weighted by atomic mass is 9.87. The molecule has 260 valence electrons. The van der Waals surface area contributed by atoms with Crippen molar-refractivity contribution in [2.75, 3.05) is 0 Å². The number of aromatic nitrogens is 1. The Morgan fingerprint density at radius 3 is 1.89 bits per heavy atom. The van der Waals surface area contributed by atoms with E-state index >= 15 is 0 Å². The highest BCUT2D eigenvalue weighted by Crippen LogP contribution is 2.45. The summed E-state index contributed by atoms with van der Waals surface area (Å²) < 4.78 is 2.53. The maximum atomic E-state index is 3.94. The number of nitrogens with zero attached hydrogens (tertiary/aromatic N) is 1. The van der Waals surface area contributed by atoms with E-state index in [9.17, 15) is 0 Å². The van der Waals surface area contributed by atoms with Crippen molar-refractivity contribution < 1.29 is 0 Å². The maximum Gasteiger partial charge on any atom is 0.0865 e. The summed E-state index contributed by atoms with van der Waals surface area (Å²) in [6.07, 6.45) is 1.82. The molecule has 0 amide bonds. The van der Waals surface area contributed by atoms with Gasteiger partial charge in [0.15, 0.2) is 0 Å². The second-order valence-electron chi connectivity index (χ2n) is 13.8. The number of nitrogens with one attached hydrogen (secondary N) is 3. The SMILES string of the molecule is CC.c1ccc(-c2cccc(C3NC(c4ccccc4)NC(c4cccc(-n5c6c(c7c8ccccc8ccc75)-c5ccccc5CC6)c4)N3)c2)cc1. The zero-order chi connectivity index (χ0) is 35.7. The quantitative estimate of drug-likeness (QED) is 0.169. The largest absolute Gasteiger partial charge is 0.313 e. The topological polar surface area (TPSA) is 41.0 Å². The molecule has 1 aliphatic heterocycles. The lowest BCUT2D eigenvalue weighted by molar-refractivity contribution is 0.203. The van der Waals surface area contributed by atoms with Crippen LogP contribution in [0.3, 0.4) is 0 Å².